The Hall–Kier alpha value is -1.51. The van der Waals surface area contributed by atoms with Gasteiger partial charge in [0.05, 0.1) is 12.5 Å². The van der Waals surface area contributed by atoms with Gasteiger partial charge < -0.3 is 9.84 Å². The Kier molecular flexibility index (Phi) is 4.83. The molecule has 0 saturated carbocycles. The van der Waals surface area contributed by atoms with Crippen molar-refractivity contribution in [1.82, 2.24) is 0 Å². The highest BCUT2D eigenvalue weighted by atomic mass is 16.5. The van der Waals surface area contributed by atoms with Crippen molar-refractivity contribution in [3.8, 4) is 5.75 Å². The van der Waals surface area contributed by atoms with Crippen molar-refractivity contribution >= 4 is 5.97 Å². The average Bonchev–Trinajstić information content (AvgIpc) is 2.26. The highest BCUT2D eigenvalue weighted by molar-refractivity contribution is 5.69. The number of carbonyl (C=O) groups is 1. The summed E-state index contributed by atoms with van der Waals surface area (Å²) in [5.74, 6) is -0.206. The molecule has 1 aromatic rings. The van der Waals surface area contributed by atoms with Crippen LogP contribution in [-0.2, 0) is 4.79 Å². The molecule has 0 bridgehead atoms. The minimum absolute atomic E-state index is 0.302. The van der Waals surface area contributed by atoms with Gasteiger partial charge in [-0.2, -0.15) is 0 Å². The van der Waals surface area contributed by atoms with E-state index in [1.807, 2.05) is 38.1 Å². The van der Waals surface area contributed by atoms with E-state index in [0.717, 1.165) is 11.3 Å². The lowest BCUT2D eigenvalue weighted by molar-refractivity contribution is -0.142. The van der Waals surface area contributed by atoms with E-state index in [2.05, 4.69) is 0 Å². The SMILES string of the molecule is CCC(CCOc1ccccc1C)C(=O)O. The first-order valence-electron chi connectivity index (χ1n) is 5.56. The molecule has 0 aromatic heterocycles. The fourth-order valence-electron chi connectivity index (χ4n) is 1.53. The summed E-state index contributed by atoms with van der Waals surface area (Å²) in [6, 6.07) is 7.74. The fourth-order valence-corrected chi connectivity index (χ4v) is 1.53. The summed E-state index contributed by atoms with van der Waals surface area (Å²) >= 11 is 0. The number of carboxylic acid groups (broad SMARTS) is 1. The van der Waals surface area contributed by atoms with Crippen molar-refractivity contribution in [2.75, 3.05) is 6.61 Å². The van der Waals surface area contributed by atoms with Gasteiger partial charge in [-0.05, 0) is 31.4 Å². The molecule has 88 valence electrons. The Balaban J connectivity index is 2.41. The molecule has 0 spiro atoms. The third-order valence-corrected chi connectivity index (χ3v) is 2.66. The lowest BCUT2D eigenvalue weighted by atomic mass is 10.0. The third-order valence-electron chi connectivity index (χ3n) is 2.66. The van der Waals surface area contributed by atoms with Gasteiger partial charge >= 0.3 is 5.97 Å². The van der Waals surface area contributed by atoms with Gasteiger partial charge in [0, 0.05) is 0 Å². The third kappa shape index (κ3) is 3.57. The number of ether oxygens (including phenoxy) is 1. The number of aryl methyl sites for hydroxylation is 1. The number of hydrogen-bond donors (Lipinski definition) is 1. The van der Waals surface area contributed by atoms with Gasteiger partial charge in [-0.3, -0.25) is 4.79 Å². The second kappa shape index (κ2) is 6.16. The maximum absolute atomic E-state index is 10.8. The van der Waals surface area contributed by atoms with Gasteiger partial charge in [0.15, 0.2) is 0 Å². The van der Waals surface area contributed by atoms with Crippen LogP contribution in [0.4, 0.5) is 0 Å². The monoisotopic (exact) mass is 222 g/mol. The number of rotatable bonds is 6. The zero-order valence-electron chi connectivity index (χ0n) is 9.77. The van der Waals surface area contributed by atoms with Crippen LogP contribution >= 0.6 is 0 Å². The lowest BCUT2D eigenvalue weighted by Crippen LogP contribution is -2.16. The lowest BCUT2D eigenvalue weighted by Gasteiger charge is -2.12. The highest BCUT2D eigenvalue weighted by Crippen LogP contribution is 2.17. The predicted octanol–water partition coefficient (Wildman–Crippen LogP) is 2.87. The molecule has 3 nitrogen and oxygen atoms in total. The summed E-state index contributed by atoms with van der Waals surface area (Å²) in [5.41, 5.74) is 1.07. The molecule has 16 heavy (non-hydrogen) atoms. The van der Waals surface area contributed by atoms with Crippen LogP contribution < -0.4 is 4.74 Å². The van der Waals surface area contributed by atoms with Crippen molar-refractivity contribution < 1.29 is 14.6 Å². The summed E-state index contributed by atoms with van der Waals surface area (Å²) in [7, 11) is 0. The van der Waals surface area contributed by atoms with Gasteiger partial charge in [-0.15, -0.1) is 0 Å². The van der Waals surface area contributed by atoms with Crippen molar-refractivity contribution in [3.05, 3.63) is 29.8 Å². The first-order chi connectivity index (χ1) is 7.65. The van der Waals surface area contributed by atoms with Crippen molar-refractivity contribution in [1.29, 1.82) is 0 Å². The van der Waals surface area contributed by atoms with Crippen molar-refractivity contribution in [3.63, 3.8) is 0 Å². The molecule has 0 radical (unpaired) electrons. The summed E-state index contributed by atoms with van der Waals surface area (Å²) in [6.07, 6.45) is 1.20. The van der Waals surface area contributed by atoms with E-state index in [4.69, 9.17) is 9.84 Å². The summed E-state index contributed by atoms with van der Waals surface area (Å²) in [6.45, 7) is 4.31. The number of para-hydroxylation sites is 1. The van der Waals surface area contributed by atoms with Crippen LogP contribution in [-0.4, -0.2) is 17.7 Å². The molecule has 0 aliphatic carbocycles. The molecule has 1 N–H and O–H groups in total. The highest BCUT2D eigenvalue weighted by Gasteiger charge is 2.14. The van der Waals surface area contributed by atoms with Crippen LogP contribution in [0.25, 0.3) is 0 Å². The number of aliphatic carboxylic acids is 1. The Morgan fingerprint density at radius 2 is 2.12 bits per heavy atom. The number of hydrogen-bond acceptors (Lipinski definition) is 2. The van der Waals surface area contributed by atoms with E-state index in [-0.39, 0.29) is 5.92 Å². The van der Waals surface area contributed by atoms with E-state index in [0.29, 0.717) is 19.4 Å². The molecule has 0 aliphatic heterocycles. The maximum atomic E-state index is 10.8. The van der Waals surface area contributed by atoms with E-state index in [9.17, 15) is 4.79 Å². The normalized spacial score (nSPS) is 12.1. The largest absolute Gasteiger partial charge is 0.493 e. The zero-order chi connectivity index (χ0) is 12.0. The van der Waals surface area contributed by atoms with Crippen LogP contribution in [0.1, 0.15) is 25.3 Å². The molecule has 0 heterocycles. The Morgan fingerprint density at radius 1 is 1.44 bits per heavy atom. The topological polar surface area (TPSA) is 46.5 Å². The minimum Gasteiger partial charge on any atom is -0.493 e. The Bertz CT molecular complexity index is 347. The van der Waals surface area contributed by atoms with Crippen molar-refractivity contribution in [2.24, 2.45) is 5.92 Å². The summed E-state index contributed by atoms with van der Waals surface area (Å²) in [5, 5.41) is 8.87. The minimum atomic E-state index is -0.740. The first-order valence-corrected chi connectivity index (χ1v) is 5.56. The van der Waals surface area contributed by atoms with Gasteiger partial charge in [0.25, 0.3) is 0 Å². The average molecular weight is 222 g/mol. The maximum Gasteiger partial charge on any atom is 0.306 e. The predicted molar refractivity (Wildman–Crippen MR) is 62.7 cm³/mol. The molecule has 0 aliphatic rings. The van der Waals surface area contributed by atoms with Crippen LogP contribution in [0.15, 0.2) is 24.3 Å². The van der Waals surface area contributed by atoms with Gasteiger partial charge in [0.1, 0.15) is 5.75 Å². The second-order valence-electron chi connectivity index (χ2n) is 3.85. The quantitative estimate of drug-likeness (QED) is 0.805. The Labute approximate surface area is 96.1 Å². The van der Waals surface area contributed by atoms with E-state index in [1.165, 1.54) is 0 Å². The molecule has 1 unspecified atom stereocenters. The van der Waals surface area contributed by atoms with E-state index in [1.54, 1.807) is 0 Å². The smallest absolute Gasteiger partial charge is 0.306 e. The standard InChI is InChI=1S/C13H18O3/c1-3-11(13(14)15)8-9-16-12-7-5-4-6-10(12)2/h4-7,11H,3,8-9H2,1-2H3,(H,14,15). The van der Waals surface area contributed by atoms with E-state index >= 15 is 0 Å². The Morgan fingerprint density at radius 3 is 2.69 bits per heavy atom. The summed E-state index contributed by atoms with van der Waals surface area (Å²) < 4.78 is 5.56. The van der Waals surface area contributed by atoms with Gasteiger partial charge in [-0.1, -0.05) is 25.1 Å². The van der Waals surface area contributed by atoms with Gasteiger partial charge in [-0.25, -0.2) is 0 Å². The molecular weight excluding hydrogens is 204 g/mol. The molecule has 1 atom stereocenters. The van der Waals surface area contributed by atoms with Crippen LogP contribution in [0, 0.1) is 12.8 Å². The van der Waals surface area contributed by atoms with Crippen LogP contribution in [0.3, 0.4) is 0 Å². The molecule has 1 rings (SSSR count). The molecule has 3 heteroatoms. The summed E-state index contributed by atoms with van der Waals surface area (Å²) in [4.78, 5) is 10.8. The van der Waals surface area contributed by atoms with Crippen LogP contribution in [0.2, 0.25) is 0 Å². The number of carboxylic acids is 1. The molecule has 0 amide bonds. The molecular formula is C13H18O3. The fraction of sp³-hybridized carbons (Fsp3) is 0.462. The molecule has 0 fully saturated rings. The van der Waals surface area contributed by atoms with Crippen LogP contribution in [0.5, 0.6) is 5.75 Å². The second-order valence-corrected chi connectivity index (χ2v) is 3.85. The van der Waals surface area contributed by atoms with Crippen molar-refractivity contribution in [2.45, 2.75) is 26.7 Å². The van der Waals surface area contributed by atoms with E-state index < -0.39 is 5.97 Å². The zero-order valence-corrected chi connectivity index (χ0v) is 9.77. The molecule has 0 saturated heterocycles. The first kappa shape index (κ1) is 12.6. The molecule has 1 aromatic carbocycles. The van der Waals surface area contributed by atoms with Gasteiger partial charge in [0.2, 0.25) is 0 Å². The number of benzene rings is 1.